The van der Waals surface area contributed by atoms with Crippen LogP contribution in [0.5, 0.6) is 0 Å². The zero-order valence-corrected chi connectivity index (χ0v) is 41.8. The van der Waals surface area contributed by atoms with Crippen molar-refractivity contribution in [3.8, 4) is 0 Å². The Bertz CT molecular complexity index is 981. The maximum Gasteiger partial charge on any atom is 0.306 e. The summed E-state index contributed by atoms with van der Waals surface area (Å²) < 4.78 is 5.94. The van der Waals surface area contributed by atoms with Crippen molar-refractivity contribution < 1.29 is 24.5 Å². The highest BCUT2D eigenvalue weighted by molar-refractivity contribution is 5.77. The average Bonchev–Trinajstić information content (AvgIpc) is 3.26. The maximum atomic E-state index is 13.2. The number of esters is 1. The number of hydrogen-bond donors (Lipinski definition) is 3. The van der Waals surface area contributed by atoms with Gasteiger partial charge in [-0.05, 0) is 51.4 Å². The molecule has 0 heterocycles. The Morgan fingerprint density at radius 1 is 0.484 bits per heavy atom. The second-order valence-corrected chi connectivity index (χ2v) is 19.0. The molecule has 0 aliphatic rings. The van der Waals surface area contributed by atoms with Gasteiger partial charge in [0.25, 0.3) is 0 Å². The van der Waals surface area contributed by atoms with Gasteiger partial charge in [-0.15, -0.1) is 0 Å². The fraction of sp³-hybridized carbons (Fsp3) is 0.893. The van der Waals surface area contributed by atoms with Crippen LogP contribution in [0.15, 0.2) is 24.3 Å². The summed E-state index contributed by atoms with van der Waals surface area (Å²) in [6.07, 6.45) is 58.1. The first-order valence-corrected chi connectivity index (χ1v) is 27.6. The lowest BCUT2D eigenvalue weighted by atomic mass is 10.0. The second-order valence-electron chi connectivity index (χ2n) is 19.0. The Balaban J connectivity index is 4.48. The summed E-state index contributed by atoms with van der Waals surface area (Å²) in [5.41, 5.74) is 0. The Hall–Kier alpha value is -1.66. The number of allylic oxidation sites excluding steroid dienone is 4. The van der Waals surface area contributed by atoms with Crippen LogP contribution < -0.4 is 5.32 Å². The summed E-state index contributed by atoms with van der Waals surface area (Å²) in [6.45, 7) is 6.41. The summed E-state index contributed by atoms with van der Waals surface area (Å²) in [5.74, 6) is -0.472. The molecule has 0 aromatic heterocycles. The highest BCUT2D eigenvalue weighted by Gasteiger charge is 2.24. The summed E-state index contributed by atoms with van der Waals surface area (Å²) in [4.78, 5) is 26.2. The molecule has 366 valence electrons. The Morgan fingerprint density at radius 3 is 1.31 bits per heavy atom. The van der Waals surface area contributed by atoms with Gasteiger partial charge in [0, 0.05) is 6.42 Å². The van der Waals surface area contributed by atoms with Crippen molar-refractivity contribution in [2.75, 3.05) is 6.61 Å². The predicted molar refractivity (Wildman–Crippen MR) is 269 cm³/mol. The number of aliphatic hydroxyl groups is 2. The van der Waals surface area contributed by atoms with E-state index in [0.29, 0.717) is 19.3 Å². The first kappa shape index (κ1) is 60.3. The van der Waals surface area contributed by atoms with Crippen LogP contribution >= 0.6 is 0 Å². The van der Waals surface area contributed by atoms with Crippen molar-refractivity contribution in [2.45, 2.75) is 315 Å². The molecule has 3 unspecified atom stereocenters. The van der Waals surface area contributed by atoms with Gasteiger partial charge >= 0.3 is 5.97 Å². The number of carbonyl (C=O) groups is 2. The molecule has 6 heteroatoms. The SMILES string of the molecule is CC/C=C/C/C=C/CCCCCCCC(CC(=O)NC(CO)C(O)CCCCCCCCCCCCCCCCCC)OC(=O)CCCCCCCCCCCCCCCCC. The number of hydrogen-bond acceptors (Lipinski definition) is 5. The summed E-state index contributed by atoms with van der Waals surface area (Å²) in [5, 5.41) is 23.8. The molecule has 1 amide bonds. The molecule has 0 aliphatic carbocycles. The summed E-state index contributed by atoms with van der Waals surface area (Å²) in [7, 11) is 0. The molecule has 0 aliphatic heterocycles. The standard InChI is InChI=1S/C56H107NO5/c1-4-7-10-13-16-19-22-25-27-29-30-33-36-39-42-45-48-54(59)53(51-58)57-55(60)50-52(47-44-41-38-35-32-24-21-18-15-12-9-6-3)62-56(61)49-46-43-40-37-34-31-28-26-23-20-17-14-11-8-5-2/h9,12,18,21,52-54,58-59H,4-8,10-11,13-17,19-20,22-51H2,1-3H3,(H,57,60)/b12-9+,21-18+. The number of carbonyl (C=O) groups excluding carboxylic acids is 2. The number of rotatable bonds is 50. The molecule has 0 radical (unpaired) electrons. The molecule has 0 fully saturated rings. The van der Waals surface area contributed by atoms with Crippen molar-refractivity contribution in [2.24, 2.45) is 0 Å². The van der Waals surface area contributed by atoms with E-state index in [0.717, 1.165) is 70.6 Å². The van der Waals surface area contributed by atoms with Crippen molar-refractivity contribution in [3.63, 3.8) is 0 Å². The number of unbranched alkanes of at least 4 members (excludes halogenated alkanes) is 34. The molecule has 62 heavy (non-hydrogen) atoms. The molecule has 3 atom stereocenters. The Labute approximate surface area is 386 Å². The monoisotopic (exact) mass is 874 g/mol. The maximum absolute atomic E-state index is 13.2. The third-order valence-electron chi connectivity index (χ3n) is 12.8. The van der Waals surface area contributed by atoms with E-state index in [9.17, 15) is 19.8 Å². The Morgan fingerprint density at radius 2 is 0.871 bits per heavy atom. The smallest absolute Gasteiger partial charge is 0.306 e. The highest BCUT2D eigenvalue weighted by Crippen LogP contribution is 2.19. The fourth-order valence-electron chi connectivity index (χ4n) is 8.65. The van der Waals surface area contributed by atoms with Crippen LogP contribution in [-0.4, -0.2) is 46.9 Å². The van der Waals surface area contributed by atoms with E-state index in [1.807, 2.05) is 0 Å². The van der Waals surface area contributed by atoms with Gasteiger partial charge < -0.3 is 20.3 Å². The van der Waals surface area contributed by atoms with Crippen molar-refractivity contribution in [3.05, 3.63) is 24.3 Å². The largest absolute Gasteiger partial charge is 0.462 e. The number of nitrogens with one attached hydrogen (secondary N) is 1. The molecule has 0 saturated carbocycles. The van der Waals surface area contributed by atoms with Crippen LogP contribution in [-0.2, 0) is 14.3 Å². The minimum absolute atomic E-state index is 0.0735. The lowest BCUT2D eigenvalue weighted by molar-refractivity contribution is -0.151. The molecule has 3 N–H and O–H groups in total. The molecule has 0 spiro atoms. The zero-order chi connectivity index (χ0) is 45.2. The first-order valence-electron chi connectivity index (χ1n) is 27.6. The minimum atomic E-state index is -0.788. The van der Waals surface area contributed by atoms with Gasteiger partial charge in [0.2, 0.25) is 5.91 Å². The molecule has 0 saturated heterocycles. The normalized spacial score (nSPS) is 13.3. The molecular formula is C56H107NO5. The summed E-state index contributed by atoms with van der Waals surface area (Å²) >= 11 is 0. The van der Waals surface area contributed by atoms with Crippen LogP contribution in [0, 0.1) is 0 Å². The zero-order valence-electron chi connectivity index (χ0n) is 41.8. The van der Waals surface area contributed by atoms with E-state index in [4.69, 9.17) is 4.74 Å². The second kappa shape index (κ2) is 50.3. The van der Waals surface area contributed by atoms with E-state index < -0.39 is 18.2 Å². The topological polar surface area (TPSA) is 95.9 Å². The lowest BCUT2D eigenvalue weighted by Gasteiger charge is -2.24. The molecule has 0 bridgehead atoms. The molecule has 0 rings (SSSR count). The van der Waals surface area contributed by atoms with Gasteiger partial charge in [-0.1, -0.05) is 257 Å². The Kier molecular flexibility index (Phi) is 49.0. The third kappa shape index (κ3) is 44.9. The van der Waals surface area contributed by atoms with E-state index in [1.54, 1.807) is 0 Å². The first-order chi connectivity index (χ1) is 30.5. The van der Waals surface area contributed by atoms with Crippen molar-refractivity contribution in [1.82, 2.24) is 5.32 Å². The summed E-state index contributed by atoms with van der Waals surface area (Å²) in [6, 6.07) is -0.702. The predicted octanol–water partition coefficient (Wildman–Crippen LogP) is 16.7. The molecule has 0 aromatic carbocycles. The van der Waals surface area contributed by atoms with E-state index >= 15 is 0 Å². The van der Waals surface area contributed by atoms with Gasteiger partial charge in [-0.25, -0.2) is 0 Å². The highest BCUT2D eigenvalue weighted by atomic mass is 16.5. The minimum Gasteiger partial charge on any atom is -0.462 e. The molecule has 0 aromatic rings. The lowest BCUT2D eigenvalue weighted by Crippen LogP contribution is -2.46. The van der Waals surface area contributed by atoms with Crippen molar-refractivity contribution in [1.29, 1.82) is 0 Å². The van der Waals surface area contributed by atoms with Gasteiger partial charge in [-0.2, -0.15) is 0 Å². The van der Waals surface area contributed by atoms with Gasteiger partial charge in [0.1, 0.15) is 6.10 Å². The van der Waals surface area contributed by atoms with Crippen LogP contribution in [0.1, 0.15) is 297 Å². The number of ether oxygens (including phenoxy) is 1. The van der Waals surface area contributed by atoms with Gasteiger partial charge in [0.05, 0.1) is 25.2 Å². The third-order valence-corrected chi connectivity index (χ3v) is 12.8. The van der Waals surface area contributed by atoms with Gasteiger partial charge in [0.15, 0.2) is 0 Å². The van der Waals surface area contributed by atoms with E-state index in [1.165, 1.54) is 180 Å². The number of amides is 1. The van der Waals surface area contributed by atoms with Crippen LogP contribution in [0.25, 0.3) is 0 Å². The van der Waals surface area contributed by atoms with E-state index in [2.05, 4.69) is 50.4 Å². The fourth-order valence-corrected chi connectivity index (χ4v) is 8.65. The average molecular weight is 874 g/mol. The van der Waals surface area contributed by atoms with Crippen LogP contribution in [0.3, 0.4) is 0 Å². The molecular weight excluding hydrogens is 767 g/mol. The molecule has 6 nitrogen and oxygen atoms in total. The van der Waals surface area contributed by atoms with Crippen LogP contribution in [0.2, 0.25) is 0 Å². The van der Waals surface area contributed by atoms with Crippen LogP contribution in [0.4, 0.5) is 0 Å². The van der Waals surface area contributed by atoms with E-state index in [-0.39, 0.29) is 24.9 Å². The quantitative estimate of drug-likeness (QED) is 0.0321. The van der Waals surface area contributed by atoms with Gasteiger partial charge in [-0.3, -0.25) is 9.59 Å². The van der Waals surface area contributed by atoms with Crippen molar-refractivity contribution >= 4 is 11.9 Å². The number of aliphatic hydroxyl groups excluding tert-OH is 2.